The Kier molecular flexibility index (Phi) is 16.9. The molecule has 0 unspecified atom stereocenters. The van der Waals surface area contributed by atoms with Crippen LogP contribution in [0.15, 0.2) is 18.7 Å². The van der Waals surface area contributed by atoms with E-state index in [0.29, 0.717) is 0 Å². The second-order valence-electron chi connectivity index (χ2n) is 6.74. The zero-order valence-electron chi connectivity index (χ0n) is 15.5. The molecule has 0 aliphatic carbocycles. The van der Waals surface area contributed by atoms with Crippen molar-refractivity contribution in [1.29, 1.82) is 0 Å². The van der Waals surface area contributed by atoms with Gasteiger partial charge in [-0.3, -0.25) is 0 Å². The number of hydrogen-bond acceptors (Lipinski definition) is 1. The topological polar surface area (TPSA) is 16.8 Å². The third-order valence-electron chi connectivity index (χ3n) is 4.47. The minimum Gasteiger partial charge on any atom is -1.00 e. The van der Waals surface area contributed by atoms with Gasteiger partial charge in [0.25, 0.3) is 6.33 Å². The molecule has 0 aliphatic heterocycles. The van der Waals surface area contributed by atoms with Crippen LogP contribution in [0.25, 0.3) is 0 Å². The van der Waals surface area contributed by atoms with Crippen molar-refractivity contribution in [1.82, 2.24) is 4.98 Å². The maximum Gasteiger partial charge on any atom is 0.286 e. The molecule has 24 heavy (non-hydrogen) atoms. The molecule has 0 radical (unpaired) electrons. The normalized spacial score (nSPS) is 10.6. The predicted molar refractivity (Wildman–Crippen MR) is 94.7 cm³/mol. The molecule has 0 bridgehead atoms. The zero-order chi connectivity index (χ0) is 16.6. The maximum atomic E-state index is 13.0. The quantitative estimate of drug-likeness (QED) is 0.325. The average Bonchev–Trinajstić information content (AvgIpc) is 2.55. The fraction of sp³-hybridized carbons (Fsp3) is 0.800. The van der Waals surface area contributed by atoms with E-state index in [1.165, 1.54) is 95.9 Å². The molecule has 2 nitrogen and oxygen atoms in total. The Morgan fingerprint density at radius 3 is 1.71 bits per heavy atom. The number of aromatic nitrogens is 2. The van der Waals surface area contributed by atoms with Gasteiger partial charge in [-0.2, -0.15) is 4.39 Å². The summed E-state index contributed by atoms with van der Waals surface area (Å²) in [6, 6.07) is 0. The molecule has 0 aromatic carbocycles. The second kappa shape index (κ2) is 17.3. The number of rotatable bonds is 15. The summed E-state index contributed by atoms with van der Waals surface area (Å²) in [6.45, 7) is 3.15. The molecule has 0 atom stereocenters. The summed E-state index contributed by atoms with van der Waals surface area (Å²) in [5.74, 6) is -0.252. The van der Waals surface area contributed by atoms with Crippen molar-refractivity contribution in [3.63, 3.8) is 0 Å². The molecule has 0 spiro atoms. The maximum absolute atomic E-state index is 13.0. The highest BCUT2D eigenvalue weighted by atomic mass is 79.9. The molecule has 1 heterocycles. The van der Waals surface area contributed by atoms with Crippen molar-refractivity contribution in [2.24, 2.45) is 0 Å². The van der Waals surface area contributed by atoms with Gasteiger partial charge in [0.05, 0.1) is 6.54 Å². The lowest BCUT2D eigenvalue weighted by molar-refractivity contribution is -0.701. The van der Waals surface area contributed by atoms with Crippen LogP contribution in [0.3, 0.4) is 0 Å². The first-order valence-corrected chi connectivity index (χ1v) is 9.82. The van der Waals surface area contributed by atoms with Crippen molar-refractivity contribution in [3.05, 3.63) is 24.5 Å². The Bertz CT molecular complexity index is 388. The fourth-order valence-electron chi connectivity index (χ4n) is 3.03. The van der Waals surface area contributed by atoms with E-state index in [-0.39, 0.29) is 22.8 Å². The van der Waals surface area contributed by atoms with Gasteiger partial charge in [0.15, 0.2) is 6.20 Å². The Labute approximate surface area is 159 Å². The van der Waals surface area contributed by atoms with E-state index in [1.807, 2.05) is 4.57 Å². The Morgan fingerprint density at radius 1 is 0.792 bits per heavy atom. The highest BCUT2D eigenvalue weighted by molar-refractivity contribution is 4.75. The van der Waals surface area contributed by atoms with Crippen LogP contribution in [0.4, 0.5) is 4.39 Å². The molecule has 4 heteroatoms. The highest BCUT2D eigenvalue weighted by Crippen LogP contribution is 2.12. The Balaban J connectivity index is 0.00000529. The summed E-state index contributed by atoms with van der Waals surface area (Å²) in [5, 5.41) is 0. The molecule has 0 N–H and O–H groups in total. The van der Waals surface area contributed by atoms with Crippen molar-refractivity contribution >= 4 is 0 Å². The lowest BCUT2D eigenvalue weighted by Gasteiger charge is -2.03. The van der Waals surface area contributed by atoms with Crippen LogP contribution in [-0.4, -0.2) is 4.98 Å². The summed E-state index contributed by atoms with van der Waals surface area (Å²) < 4.78 is 14.8. The van der Waals surface area contributed by atoms with Gasteiger partial charge in [0.1, 0.15) is 6.20 Å². The van der Waals surface area contributed by atoms with Crippen LogP contribution in [0.1, 0.15) is 96.8 Å². The summed E-state index contributed by atoms with van der Waals surface area (Å²) in [6.07, 6.45) is 23.6. The molecule has 140 valence electrons. The van der Waals surface area contributed by atoms with Crippen LogP contribution in [-0.2, 0) is 6.54 Å². The van der Waals surface area contributed by atoms with E-state index in [9.17, 15) is 4.39 Å². The first-order chi connectivity index (χ1) is 11.3. The van der Waals surface area contributed by atoms with E-state index in [4.69, 9.17) is 0 Å². The predicted octanol–water partition coefficient (Wildman–Crippen LogP) is 2.99. The largest absolute Gasteiger partial charge is 1.00 e. The van der Waals surface area contributed by atoms with Crippen molar-refractivity contribution in [2.45, 2.75) is 103 Å². The molecule has 0 saturated carbocycles. The van der Waals surface area contributed by atoms with Crippen LogP contribution in [0.2, 0.25) is 0 Å². The number of nitrogens with zero attached hydrogens (tertiary/aromatic N) is 2. The third-order valence-corrected chi connectivity index (χ3v) is 4.47. The summed E-state index contributed by atoms with van der Waals surface area (Å²) in [4.78, 5) is 3.86. The van der Waals surface area contributed by atoms with Gasteiger partial charge < -0.3 is 17.0 Å². The molecule has 1 aromatic rings. The molecule has 1 rings (SSSR count). The van der Waals surface area contributed by atoms with Crippen LogP contribution < -0.4 is 21.5 Å². The molecular weight excluding hydrogens is 367 g/mol. The molecule has 0 fully saturated rings. The minimum atomic E-state index is -0.252. The van der Waals surface area contributed by atoms with Gasteiger partial charge >= 0.3 is 0 Å². The summed E-state index contributed by atoms with van der Waals surface area (Å²) in [5.41, 5.74) is 0. The zero-order valence-corrected chi connectivity index (χ0v) is 17.1. The lowest BCUT2D eigenvalue weighted by atomic mass is 10.0. The minimum absolute atomic E-state index is 0. The van der Waals surface area contributed by atoms with Crippen molar-refractivity contribution < 1.29 is 25.9 Å². The molecule has 0 aliphatic rings. The molecular formula is C20H36BrFN2. The average molecular weight is 403 g/mol. The van der Waals surface area contributed by atoms with Gasteiger partial charge in [-0.05, 0) is 12.8 Å². The van der Waals surface area contributed by atoms with Crippen molar-refractivity contribution in [2.75, 3.05) is 0 Å². The molecule has 0 amide bonds. The van der Waals surface area contributed by atoms with E-state index in [2.05, 4.69) is 11.9 Å². The van der Waals surface area contributed by atoms with Gasteiger partial charge in [-0.25, -0.2) is 4.57 Å². The fourth-order valence-corrected chi connectivity index (χ4v) is 3.03. The van der Waals surface area contributed by atoms with Gasteiger partial charge in [-0.15, -0.1) is 0 Å². The van der Waals surface area contributed by atoms with Crippen LogP contribution in [0.5, 0.6) is 0 Å². The van der Waals surface area contributed by atoms with E-state index in [0.717, 1.165) is 13.0 Å². The number of halogens is 2. The van der Waals surface area contributed by atoms with Gasteiger partial charge in [0, 0.05) is 0 Å². The van der Waals surface area contributed by atoms with Crippen LogP contribution >= 0.6 is 0 Å². The smallest absolute Gasteiger partial charge is 0.286 e. The third kappa shape index (κ3) is 13.9. The highest BCUT2D eigenvalue weighted by Gasteiger charge is 2.01. The van der Waals surface area contributed by atoms with E-state index < -0.39 is 0 Å². The molecule has 0 saturated heterocycles. The van der Waals surface area contributed by atoms with E-state index >= 15 is 0 Å². The standard InChI is InChI=1S/C20H36FN2.BrH/c1-2-3-4-5-6-7-8-9-10-11-12-13-14-15-16-23-18-20(21)17-22-19-23;/h17-19H,2-16H2,1H3;1H/q+1;/p-1. The number of unbranched alkanes of at least 4 members (excludes halogenated alkanes) is 13. The number of hydrogen-bond donors (Lipinski definition) is 0. The van der Waals surface area contributed by atoms with E-state index in [1.54, 1.807) is 6.33 Å². The van der Waals surface area contributed by atoms with Crippen molar-refractivity contribution in [3.8, 4) is 0 Å². The van der Waals surface area contributed by atoms with Gasteiger partial charge in [-0.1, -0.05) is 89.0 Å². The number of aryl methyl sites for hydroxylation is 1. The Hall–Kier alpha value is -0.510. The lowest BCUT2D eigenvalue weighted by Crippen LogP contribution is -3.00. The first kappa shape index (κ1) is 23.5. The summed E-state index contributed by atoms with van der Waals surface area (Å²) in [7, 11) is 0. The molecule has 1 aromatic heterocycles. The second-order valence-corrected chi connectivity index (χ2v) is 6.74. The Morgan fingerprint density at radius 2 is 1.25 bits per heavy atom. The van der Waals surface area contributed by atoms with Crippen LogP contribution in [0, 0.1) is 5.82 Å². The monoisotopic (exact) mass is 402 g/mol. The first-order valence-electron chi connectivity index (χ1n) is 9.82. The van der Waals surface area contributed by atoms with Gasteiger partial charge in [0.2, 0.25) is 5.82 Å². The summed E-state index contributed by atoms with van der Waals surface area (Å²) >= 11 is 0. The SMILES string of the molecule is CCCCCCCCCCCCCCCC[n+]1cncc(F)c1.[Br-].